The summed E-state index contributed by atoms with van der Waals surface area (Å²) in [4.78, 5) is 1.16. The highest BCUT2D eigenvalue weighted by molar-refractivity contribution is 7.16. The summed E-state index contributed by atoms with van der Waals surface area (Å²) in [6, 6.07) is 9.85. The van der Waals surface area contributed by atoms with Crippen LogP contribution in [0.3, 0.4) is 0 Å². The molecule has 1 aromatic carbocycles. The average Bonchev–Trinajstić information content (AvgIpc) is 2.91. The summed E-state index contributed by atoms with van der Waals surface area (Å²) in [5.41, 5.74) is 1.91. The molecule has 2 rings (SSSR count). The molecule has 0 radical (unpaired) electrons. The predicted octanol–water partition coefficient (Wildman–Crippen LogP) is 4.10. The fourth-order valence-corrected chi connectivity index (χ4v) is 3.26. The van der Waals surface area contributed by atoms with Gasteiger partial charge in [0.15, 0.2) is 0 Å². The van der Waals surface area contributed by atoms with Crippen LogP contribution in [-0.2, 0) is 0 Å². The third kappa shape index (κ3) is 4.20. The minimum atomic E-state index is -0.613. The monoisotopic (exact) mass is 325 g/mol. The first-order valence-electron chi connectivity index (χ1n) is 6.82. The van der Waals surface area contributed by atoms with Gasteiger partial charge in [0, 0.05) is 23.0 Å². The van der Waals surface area contributed by atoms with Gasteiger partial charge in [-0.1, -0.05) is 23.2 Å². The van der Waals surface area contributed by atoms with Gasteiger partial charge in [0.25, 0.3) is 0 Å². The van der Waals surface area contributed by atoms with E-state index in [0.717, 1.165) is 20.3 Å². The van der Waals surface area contributed by atoms with Crippen molar-refractivity contribution in [2.45, 2.75) is 26.0 Å². The van der Waals surface area contributed by atoms with Crippen LogP contribution in [0.4, 0.5) is 0 Å². The van der Waals surface area contributed by atoms with Gasteiger partial charge in [-0.05, 0) is 38.1 Å². The zero-order valence-corrected chi connectivity index (χ0v) is 14.0. The Morgan fingerprint density at radius 1 is 1.33 bits per heavy atom. The molecule has 5 heteroatoms. The molecule has 3 nitrogen and oxygen atoms in total. The molecule has 0 spiro atoms. The second-order valence-electron chi connectivity index (χ2n) is 5.03. The van der Waals surface area contributed by atoms with Crippen molar-refractivity contribution in [3.05, 3.63) is 50.7 Å². The Morgan fingerprint density at radius 2 is 2.10 bits per heavy atom. The second-order valence-corrected chi connectivity index (χ2v) is 6.78. The molecule has 0 fully saturated rings. The van der Waals surface area contributed by atoms with Crippen LogP contribution in [0.15, 0.2) is 30.3 Å². The number of hydrogen-bond acceptors (Lipinski definition) is 4. The van der Waals surface area contributed by atoms with Crippen LogP contribution in [0.5, 0.6) is 5.75 Å². The molecule has 2 unspecified atom stereocenters. The number of aryl methyl sites for hydroxylation is 1. The van der Waals surface area contributed by atoms with Crippen LogP contribution in [0.2, 0.25) is 4.34 Å². The molecule has 1 heterocycles. The van der Waals surface area contributed by atoms with E-state index in [1.54, 1.807) is 18.4 Å². The molecule has 0 aliphatic rings. The maximum Gasteiger partial charge on any atom is 0.124 e. The number of hydrogen-bond donors (Lipinski definition) is 2. The maximum atomic E-state index is 10.4. The van der Waals surface area contributed by atoms with Crippen molar-refractivity contribution in [2.24, 2.45) is 0 Å². The Morgan fingerprint density at radius 3 is 2.71 bits per heavy atom. The SMILES string of the molecule is COc1ccc(C)cc1C(O)CNC(C)c1ccc(Cl)s1. The summed E-state index contributed by atoms with van der Waals surface area (Å²) in [6.45, 7) is 4.51. The Balaban J connectivity index is 2.01. The van der Waals surface area contributed by atoms with E-state index >= 15 is 0 Å². The van der Waals surface area contributed by atoms with Crippen LogP contribution < -0.4 is 10.1 Å². The zero-order chi connectivity index (χ0) is 15.4. The molecule has 2 atom stereocenters. The molecule has 114 valence electrons. The summed E-state index contributed by atoms with van der Waals surface area (Å²) >= 11 is 7.49. The van der Waals surface area contributed by atoms with Crippen LogP contribution in [0.25, 0.3) is 0 Å². The minimum Gasteiger partial charge on any atom is -0.496 e. The van der Waals surface area contributed by atoms with Gasteiger partial charge in [-0.25, -0.2) is 0 Å². The fourth-order valence-electron chi connectivity index (χ4n) is 2.17. The van der Waals surface area contributed by atoms with Gasteiger partial charge in [-0.15, -0.1) is 11.3 Å². The van der Waals surface area contributed by atoms with Gasteiger partial charge in [-0.2, -0.15) is 0 Å². The minimum absolute atomic E-state index is 0.146. The molecule has 2 N–H and O–H groups in total. The van der Waals surface area contributed by atoms with Crippen molar-refractivity contribution in [2.75, 3.05) is 13.7 Å². The second kappa shape index (κ2) is 7.27. The first kappa shape index (κ1) is 16.3. The van der Waals surface area contributed by atoms with E-state index in [0.29, 0.717) is 12.3 Å². The lowest BCUT2D eigenvalue weighted by Crippen LogP contribution is -2.24. The Labute approximate surface area is 134 Å². The molecule has 0 saturated carbocycles. The number of halogens is 1. The molecule has 0 amide bonds. The van der Waals surface area contributed by atoms with Crippen LogP contribution in [0, 0.1) is 6.92 Å². The number of ether oxygens (including phenoxy) is 1. The number of aliphatic hydroxyl groups excluding tert-OH is 1. The van der Waals surface area contributed by atoms with Crippen molar-refractivity contribution in [1.82, 2.24) is 5.32 Å². The van der Waals surface area contributed by atoms with Gasteiger partial charge < -0.3 is 15.2 Å². The number of nitrogens with one attached hydrogen (secondary N) is 1. The third-order valence-electron chi connectivity index (χ3n) is 3.38. The highest BCUT2D eigenvalue weighted by atomic mass is 35.5. The van der Waals surface area contributed by atoms with E-state index in [-0.39, 0.29) is 6.04 Å². The molecule has 2 aromatic rings. The van der Waals surface area contributed by atoms with Crippen LogP contribution >= 0.6 is 22.9 Å². The van der Waals surface area contributed by atoms with Gasteiger partial charge in [-0.3, -0.25) is 0 Å². The average molecular weight is 326 g/mol. The lowest BCUT2D eigenvalue weighted by atomic mass is 10.0. The molecular formula is C16H20ClNO2S. The summed E-state index contributed by atoms with van der Waals surface area (Å²) in [5, 5.41) is 13.7. The van der Waals surface area contributed by atoms with Crippen molar-refractivity contribution in [1.29, 1.82) is 0 Å². The molecule has 0 aliphatic heterocycles. The van der Waals surface area contributed by atoms with E-state index in [2.05, 4.69) is 12.2 Å². The van der Waals surface area contributed by atoms with E-state index in [1.807, 2.05) is 37.3 Å². The predicted molar refractivity (Wildman–Crippen MR) is 88.4 cm³/mol. The lowest BCUT2D eigenvalue weighted by Gasteiger charge is -2.19. The topological polar surface area (TPSA) is 41.5 Å². The van der Waals surface area contributed by atoms with Crippen molar-refractivity contribution >= 4 is 22.9 Å². The van der Waals surface area contributed by atoms with Crippen molar-refractivity contribution in [3.8, 4) is 5.75 Å². The van der Waals surface area contributed by atoms with E-state index in [1.165, 1.54) is 0 Å². The zero-order valence-electron chi connectivity index (χ0n) is 12.4. The normalized spacial score (nSPS) is 14.0. The van der Waals surface area contributed by atoms with E-state index < -0.39 is 6.10 Å². The first-order chi connectivity index (χ1) is 10.0. The molecular weight excluding hydrogens is 306 g/mol. The van der Waals surface area contributed by atoms with Gasteiger partial charge in [0.1, 0.15) is 5.75 Å². The molecule has 0 aliphatic carbocycles. The summed E-state index contributed by atoms with van der Waals surface area (Å²) in [5.74, 6) is 0.710. The third-order valence-corrected chi connectivity index (χ3v) is 4.80. The quantitative estimate of drug-likeness (QED) is 0.840. The first-order valence-corrected chi connectivity index (χ1v) is 8.02. The highest BCUT2D eigenvalue weighted by Crippen LogP contribution is 2.29. The number of benzene rings is 1. The maximum absolute atomic E-state index is 10.4. The van der Waals surface area contributed by atoms with E-state index in [4.69, 9.17) is 16.3 Å². The molecule has 21 heavy (non-hydrogen) atoms. The largest absolute Gasteiger partial charge is 0.496 e. The summed E-state index contributed by atoms with van der Waals surface area (Å²) in [6.07, 6.45) is -0.613. The number of thiophene rings is 1. The Hall–Kier alpha value is -1.07. The number of methoxy groups -OCH3 is 1. The van der Waals surface area contributed by atoms with Gasteiger partial charge in [0.2, 0.25) is 0 Å². The Bertz CT molecular complexity index is 600. The molecule has 0 saturated heterocycles. The Kier molecular flexibility index (Phi) is 5.65. The number of rotatable bonds is 6. The van der Waals surface area contributed by atoms with Gasteiger partial charge >= 0.3 is 0 Å². The van der Waals surface area contributed by atoms with Crippen LogP contribution in [0.1, 0.15) is 35.1 Å². The number of aliphatic hydroxyl groups is 1. The van der Waals surface area contributed by atoms with Crippen molar-refractivity contribution < 1.29 is 9.84 Å². The standard InChI is InChI=1S/C16H20ClNO2S/c1-10-4-5-14(20-3)12(8-10)13(19)9-18-11(2)15-6-7-16(17)21-15/h4-8,11,13,18-19H,9H2,1-3H3. The summed E-state index contributed by atoms with van der Waals surface area (Å²) in [7, 11) is 1.62. The van der Waals surface area contributed by atoms with Crippen molar-refractivity contribution in [3.63, 3.8) is 0 Å². The van der Waals surface area contributed by atoms with Gasteiger partial charge in [0.05, 0.1) is 17.6 Å². The summed E-state index contributed by atoms with van der Waals surface area (Å²) < 4.78 is 6.09. The highest BCUT2D eigenvalue weighted by Gasteiger charge is 2.15. The smallest absolute Gasteiger partial charge is 0.124 e. The fraction of sp³-hybridized carbons (Fsp3) is 0.375. The van der Waals surface area contributed by atoms with Crippen LogP contribution in [-0.4, -0.2) is 18.8 Å². The molecule has 0 bridgehead atoms. The van der Waals surface area contributed by atoms with E-state index in [9.17, 15) is 5.11 Å². The lowest BCUT2D eigenvalue weighted by molar-refractivity contribution is 0.167. The molecule has 1 aromatic heterocycles.